The number of nitrogens with zero attached hydrogens (tertiary/aromatic N) is 2. The van der Waals surface area contributed by atoms with Crippen molar-refractivity contribution in [3.63, 3.8) is 0 Å². The van der Waals surface area contributed by atoms with Crippen molar-refractivity contribution < 1.29 is 22.7 Å². The van der Waals surface area contributed by atoms with Crippen LogP contribution in [0.5, 0.6) is 5.88 Å². The Morgan fingerprint density at radius 1 is 1.24 bits per heavy atom. The number of ketones is 1. The van der Waals surface area contributed by atoms with Crippen molar-refractivity contribution in [1.82, 2.24) is 9.97 Å². The average Bonchev–Trinajstić information content (AvgIpc) is 2.46. The molecule has 4 nitrogen and oxygen atoms in total. The molecule has 7 heteroatoms. The molecule has 2 aromatic rings. The Kier molecular flexibility index (Phi) is 4.21. The Bertz CT molecular complexity index is 657. The van der Waals surface area contributed by atoms with Gasteiger partial charge >= 0.3 is 6.18 Å². The Labute approximate surface area is 118 Å². The van der Waals surface area contributed by atoms with E-state index < -0.39 is 17.5 Å². The van der Waals surface area contributed by atoms with E-state index in [0.717, 1.165) is 12.1 Å². The first kappa shape index (κ1) is 15.0. The van der Waals surface area contributed by atoms with Crippen molar-refractivity contribution in [3.05, 3.63) is 53.5 Å². The molecule has 0 atom stereocenters. The van der Waals surface area contributed by atoms with Crippen LogP contribution in [0, 0.1) is 0 Å². The van der Waals surface area contributed by atoms with Crippen molar-refractivity contribution >= 4 is 5.78 Å². The van der Waals surface area contributed by atoms with Gasteiger partial charge in [-0.2, -0.15) is 13.2 Å². The van der Waals surface area contributed by atoms with Crippen LogP contribution in [0.15, 0.2) is 36.7 Å². The summed E-state index contributed by atoms with van der Waals surface area (Å²) in [7, 11) is 1.42. The van der Waals surface area contributed by atoms with E-state index in [1.807, 2.05) is 0 Å². The Morgan fingerprint density at radius 3 is 2.67 bits per heavy atom. The summed E-state index contributed by atoms with van der Waals surface area (Å²) in [6.45, 7) is 0. The van der Waals surface area contributed by atoms with E-state index in [2.05, 4.69) is 9.97 Å². The highest BCUT2D eigenvalue weighted by molar-refractivity contribution is 5.97. The number of ether oxygens (including phenoxy) is 1. The van der Waals surface area contributed by atoms with Gasteiger partial charge in [0.1, 0.15) is 6.33 Å². The topological polar surface area (TPSA) is 52.1 Å². The Hall–Kier alpha value is -2.44. The number of carbonyl (C=O) groups excluding carboxylic acids is 1. The first-order valence-electron chi connectivity index (χ1n) is 5.95. The van der Waals surface area contributed by atoms with Gasteiger partial charge in [0, 0.05) is 11.6 Å². The SMILES string of the molecule is COc1cc(CC(=O)c2cccc(C(F)(F)F)c2)ncn1. The van der Waals surface area contributed by atoms with Gasteiger partial charge in [-0.05, 0) is 12.1 Å². The maximum atomic E-state index is 12.6. The summed E-state index contributed by atoms with van der Waals surface area (Å²) in [5.41, 5.74) is -0.486. The number of halogens is 3. The van der Waals surface area contributed by atoms with Crippen LogP contribution in [0.2, 0.25) is 0 Å². The molecule has 0 fully saturated rings. The summed E-state index contributed by atoms with van der Waals surface area (Å²) >= 11 is 0. The number of benzene rings is 1. The smallest absolute Gasteiger partial charge is 0.416 e. The van der Waals surface area contributed by atoms with E-state index >= 15 is 0 Å². The van der Waals surface area contributed by atoms with Crippen molar-refractivity contribution in [2.75, 3.05) is 7.11 Å². The molecular formula is C14H11F3N2O2. The third-order valence-corrected chi connectivity index (χ3v) is 2.76. The lowest BCUT2D eigenvalue weighted by molar-refractivity contribution is -0.137. The van der Waals surface area contributed by atoms with E-state index in [9.17, 15) is 18.0 Å². The standard InChI is InChI=1S/C14H11F3N2O2/c1-21-13-7-11(18-8-19-13)6-12(20)9-3-2-4-10(5-9)14(15,16)17/h2-5,7-8H,6H2,1H3. The summed E-state index contributed by atoms with van der Waals surface area (Å²) in [5, 5.41) is 0. The highest BCUT2D eigenvalue weighted by Gasteiger charge is 2.30. The summed E-state index contributed by atoms with van der Waals surface area (Å²) in [4.78, 5) is 19.7. The van der Waals surface area contributed by atoms with Gasteiger partial charge in [0.05, 0.1) is 24.8 Å². The van der Waals surface area contributed by atoms with Gasteiger partial charge < -0.3 is 4.74 Å². The predicted octanol–water partition coefficient (Wildman–Crippen LogP) is 2.93. The second kappa shape index (κ2) is 5.90. The van der Waals surface area contributed by atoms with E-state index in [1.54, 1.807) is 0 Å². The number of methoxy groups -OCH3 is 1. The first-order chi connectivity index (χ1) is 9.90. The zero-order valence-electron chi connectivity index (χ0n) is 11.0. The van der Waals surface area contributed by atoms with Crippen LogP contribution in [0.3, 0.4) is 0 Å². The summed E-state index contributed by atoms with van der Waals surface area (Å²) in [6.07, 6.45) is -3.37. The largest absolute Gasteiger partial charge is 0.481 e. The minimum absolute atomic E-state index is 0.0117. The monoisotopic (exact) mass is 296 g/mol. The van der Waals surface area contributed by atoms with E-state index in [1.165, 1.54) is 31.6 Å². The van der Waals surface area contributed by atoms with Gasteiger partial charge in [0.2, 0.25) is 5.88 Å². The third kappa shape index (κ3) is 3.77. The first-order valence-corrected chi connectivity index (χ1v) is 5.95. The van der Waals surface area contributed by atoms with Gasteiger partial charge in [-0.1, -0.05) is 12.1 Å². The third-order valence-electron chi connectivity index (χ3n) is 2.76. The molecule has 0 aliphatic carbocycles. The predicted molar refractivity (Wildman–Crippen MR) is 68.1 cm³/mol. The van der Waals surface area contributed by atoms with Gasteiger partial charge in [0.15, 0.2) is 5.78 Å². The second-order valence-electron chi connectivity index (χ2n) is 4.23. The zero-order valence-corrected chi connectivity index (χ0v) is 11.0. The lowest BCUT2D eigenvalue weighted by Gasteiger charge is -2.08. The fraction of sp³-hybridized carbons (Fsp3) is 0.214. The number of rotatable bonds is 4. The van der Waals surface area contributed by atoms with Gasteiger partial charge in [-0.3, -0.25) is 4.79 Å². The van der Waals surface area contributed by atoms with Gasteiger partial charge in [0.25, 0.3) is 0 Å². The van der Waals surface area contributed by atoms with Crippen LogP contribution in [0.4, 0.5) is 13.2 Å². The summed E-state index contributed by atoms with van der Waals surface area (Å²) in [6, 6.07) is 5.77. The number of Topliss-reactive ketones (excluding diaryl/α,β-unsaturated/α-hetero) is 1. The Morgan fingerprint density at radius 2 is 2.00 bits per heavy atom. The van der Waals surface area contributed by atoms with Crippen LogP contribution in [-0.2, 0) is 12.6 Å². The summed E-state index contributed by atoms with van der Waals surface area (Å²) in [5.74, 6) is -0.168. The highest BCUT2D eigenvalue weighted by atomic mass is 19.4. The number of hydrogen-bond acceptors (Lipinski definition) is 4. The van der Waals surface area contributed by atoms with Crippen molar-refractivity contribution in [2.24, 2.45) is 0 Å². The molecule has 2 rings (SSSR count). The van der Waals surface area contributed by atoms with Crippen LogP contribution in [0.25, 0.3) is 0 Å². The molecule has 21 heavy (non-hydrogen) atoms. The molecule has 0 aliphatic rings. The molecule has 0 unspecified atom stereocenters. The molecule has 1 heterocycles. The lowest BCUT2D eigenvalue weighted by atomic mass is 10.0. The molecule has 110 valence electrons. The number of hydrogen-bond donors (Lipinski definition) is 0. The molecule has 0 aliphatic heterocycles. The molecular weight excluding hydrogens is 285 g/mol. The highest BCUT2D eigenvalue weighted by Crippen LogP contribution is 2.29. The fourth-order valence-corrected chi connectivity index (χ4v) is 1.72. The van der Waals surface area contributed by atoms with E-state index in [-0.39, 0.29) is 17.9 Å². The van der Waals surface area contributed by atoms with Crippen LogP contribution < -0.4 is 4.74 Å². The molecule has 0 radical (unpaired) electrons. The van der Waals surface area contributed by atoms with E-state index in [0.29, 0.717) is 5.69 Å². The molecule has 0 bridgehead atoms. The maximum absolute atomic E-state index is 12.6. The van der Waals surface area contributed by atoms with Gasteiger partial charge in [-0.25, -0.2) is 9.97 Å². The second-order valence-corrected chi connectivity index (χ2v) is 4.23. The molecule has 1 aromatic heterocycles. The lowest BCUT2D eigenvalue weighted by Crippen LogP contribution is -2.09. The molecule has 0 spiro atoms. The van der Waals surface area contributed by atoms with Crippen LogP contribution in [-0.4, -0.2) is 22.9 Å². The number of aromatic nitrogens is 2. The molecule has 0 saturated carbocycles. The Balaban J connectivity index is 2.20. The number of alkyl halides is 3. The summed E-state index contributed by atoms with van der Waals surface area (Å²) < 4.78 is 42.7. The molecule has 0 amide bonds. The van der Waals surface area contributed by atoms with Crippen LogP contribution >= 0.6 is 0 Å². The van der Waals surface area contributed by atoms with E-state index in [4.69, 9.17) is 4.74 Å². The molecule has 0 N–H and O–H groups in total. The van der Waals surface area contributed by atoms with Crippen molar-refractivity contribution in [2.45, 2.75) is 12.6 Å². The molecule has 1 aromatic carbocycles. The quantitative estimate of drug-likeness (QED) is 0.814. The number of carbonyl (C=O) groups is 1. The zero-order chi connectivity index (χ0) is 15.5. The van der Waals surface area contributed by atoms with Crippen LogP contribution in [0.1, 0.15) is 21.6 Å². The minimum Gasteiger partial charge on any atom is -0.481 e. The minimum atomic E-state index is -4.48. The normalized spacial score (nSPS) is 11.2. The van der Waals surface area contributed by atoms with Crippen molar-refractivity contribution in [1.29, 1.82) is 0 Å². The average molecular weight is 296 g/mol. The fourth-order valence-electron chi connectivity index (χ4n) is 1.72. The van der Waals surface area contributed by atoms with Crippen molar-refractivity contribution in [3.8, 4) is 5.88 Å². The maximum Gasteiger partial charge on any atom is 0.416 e. The molecule has 0 saturated heterocycles. The van der Waals surface area contributed by atoms with Gasteiger partial charge in [-0.15, -0.1) is 0 Å².